The average Bonchev–Trinajstić information content (AvgIpc) is 3.01. The molecular formula is C33H39N3O4. The van der Waals surface area contributed by atoms with Gasteiger partial charge in [-0.2, -0.15) is 0 Å². The van der Waals surface area contributed by atoms with Crippen LogP contribution in [0, 0.1) is 16.7 Å². The molecular weight excluding hydrogens is 502 g/mol. The number of rotatable bonds is 12. The molecule has 0 spiro atoms. The van der Waals surface area contributed by atoms with Gasteiger partial charge in [-0.05, 0) is 78.8 Å². The monoisotopic (exact) mass is 541 g/mol. The van der Waals surface area contributed by atoms with E-state index in [4.69, 9.17) is 9.47 Å². The number of carbonyl (C=O) groups excluding carboxylic acids is 1. The Balaban J connectivity index is 1.30. The minimum absolute atomic E-state index is 0.0517. The highest BCUT2D eigenvalue weighted by Gasteiger charge is 2.26. The molecule has 1 fully saturated rings. The number of nitroso groups, excluding NO2 is 1. The minimum Gasteiger partial charge on any atom is -0.493 e. The number of nitrogens with zero attached hydrogens (tertiary/aromatic N) is 2. The largest absolute Gasteiger partial charge is 0.493 e. The first-order chi connectivity index (χ1) is 19.5. The van der Waals surface area contributed by atoms with Crippen LogP contribution in [0.2, 0.25) is 0 Å². The van der Waals surface area contributed by atoms with Crippen molar-refractivity contribution in [3.05, 3.63) is 107 Å². The lowest BCUT2D eigenvalue weighted by molar-refractivity contribution is -0.125. The van der Waals surface area contributed by atoms with Gasteiger partial charge in [-0.15, -0.1) is 4.91 Å². The Morgan fingerprint density at radius 3 is 2.73 bits per heavy atom. The van der Waals surface area contributed by atoms with Crippen LogP contribution in [0.5, 0.6) is 11.5 Å². The number of allylic oxidation sites excluding steroid dienone is 4. The Bertz CT molecular complexity index is 1270. The predicted octanol–water partition coefficient (Wildman–Crippen LogP) is 6.64. The molecule has 1 saturated heterocycles. The summed E-state index contributed by atoms with van der Waals surface area (Å²) in [7, 11) is 0. The van der Waals surface area contributed by atoms with Crippen molar-refractivity contribution in [1.29, 1.82) is 0 Å². The second kappa shape index (κ2) is 14.3. The summed E-state index contributed by atoms with van der Waals surface area (Å²) in [5.41, 5.74) is 3.90. The molecule has 210 valence electrons. The topological polar surface area (TPSA) is 80.2 Å². The number of likely N-dealkylation sites (tertiary alicyclic amines) is 1. The van der Waals surface area contributed by atoms with Crippen molar-refractivity contribution in [3.63, 3.8) is 0 Å². The summed E-state index contributed by atoms with van der Waals surface area (Å²) in [6, 6.07) is 15.2. The third-order valence-corrected chi connectivity index (χ3v) is 7.48. The number of fused-ring (bicyclic) bond motifs is 1. The number of carbonyl (C=O) groups is 1. The summed E-state index contributed by atoms with van der Waals surface area (Å²) in [6.07, 6.45) is 10.5. The standard InChI is InChI=1S/C33H39N3O4/c1-4-9-30(15-14-29(5-2)34-33(37)28-20-27-10-6-7-13-32(27)40-23-28)36-18-16-25(17-19-36)22-39-31-12-8-11-26(21-31)24(3)35-38/h5-8,10-15,21,25,28H,2-4,9,16-20,22-23H2,1H3,(H,34,37)/b29-14+,30-15+. The summed E-state index contributed by atoms with van der Waals surface area (Å²) in [5, 5.41) is 5.96. The average molecular weight is 542 g/mol. The molecule has 2 aliphatic rings. The van der Waals surface area contributed by atoms with Crippen LogP contribution in [0.15, 0.2) is 96.5 Å². The van der Waals surface area contributed by atoms with Gasteiger partial charge < -0.3 is 19.7 Å². The van der Waals surface area contributed by atoms with Crippen LogP contribution in [-0.2, 0) is 11.2 Å². The molecule has 2 aromatic rings. The minimum atomic E-state index is -0.235. The highest BCUT2D eigenvalue weighted by atomic mass is 16.5. The van der Waals surface area contributed by atoms with Gasteiger partial charge in [-0.3, -0.25) is 4.79 Å². The first kappa shape index (κ1) is 28.9. The van der Waals surface area contributed by atoms with Gasteiger partial charge in [0.05, 0.1) is 12.5 Å². The summed E-state index contributed by atoms with van der Waals surface area (Å²) in [4.78, 5) is 26.2. The zero-order chi connectivity index (χ0) is 28.3. The number of piperidine rings is 1. The smallest absolute Gasteiger partial charge is 0.231 e. The highest BCUT2D eigenvalue weighted by molar-refractivity contribution is 5.81. The number of para-hydroxylation sites is 1. The van der Waals surface area contributed by atoms with E-state index in [9.17, 15) is 9.70 Å². The molecule has 0 bridgehead atoms. The second-order valence-electron chi connectivity index (χ2n) is 10.4. The van der Waals surface area contributed by atoms with Crippen molar-refractivity contribution < 1.29 is 14.3 Å². The lowest BCUT2D eigenvalue weighted by Crippen LogP contribution is -2.36. The van der Waals surface area contributed by atoms with Crippen molar-refractivity contribution >= 4 is 11.6 Å². The van der Waals surface area contributed by atoms with Gasteiger partial charge in [0.15, 0.2) is 0 Å². The molecule has 2 aromatic carbocycles. The number of hydrogen-bond acceptors (Lipinski definition) is 6. The first-order valence-corrected chi connectivity index (χ1v) is 14.1. The second-order valence-corrected chi connectivity index (χ2v) is 10.4. The van der Waals surface area contributed by atoms with Gasteiger partial charge in [-0.25, -0.2) is 0 Å². The maximum absolute atomic E-state index is 13.0. The molecule has 0 aliphatic carbocycles. The molecule has 7 nitrogen and oxygen atoms in total. The summed E-state index contributed by atoms with van der Waals surface area (Å²) in [6.45, 7) is 12.7. The van der Waals surface area contributed by atoms with Crippen LogP contribution in [0.4, 0.5) is 0 Å². The van der Waals surface area contributed by atoms with E-state index in [1.807, 2.05) is 48.5 Å². The number of nitrogens with one attached hydrogen (secondary N) is 1. The van der Waals surface area contributed by atoms with E-state index in [2.05, 4.69) is 41.6 Å². The predicted molar refractivity (Wildman–Crippen MR) is 160 cm³/mol. The molecule has 0 aromatic heterocycles. The number of amides is 1. The molecule has 2 heterocycles. The number of benzene rings is 2. The van der Waals surface area contributed by atoms with Crippen LogP contribution in [0.1, 0.15) is 43.7 Å². The fourth-order valence-corrected chi connectivity index (χ4v) is 5.11. The van der Waals surface area contributed by atoms with Crippen molar-refractivity contribution in [2.45, 2.75) is 39.0 Å². The van der Waals surface area contributed by atoms with Gasteiger partial charge in [0.1, 0.15) is 23.8 Å². The fourth-order valence-electron chi connectivity index (χ4n) is 5.11. The van der Waals surface area contributed by atoms with E-state index in [0.29, 0.717) is 36.8 Å². The Hall–Kier alpha value is -4.13. The molecule has 1 unspecified atom stereocenters. The van der Waals surface area contributed by atoms with Crippen molar-refractivity contribution in [2.75, 3.05) is 26.3 Å². The molecule has 0 saturated carbocycles. The van der Waals surface area contributed by atoms with Crippen LogP contribution in [-0.4, -0.2) is 37.1 Å². The van der Waals surface area contributed by atoms with Crippen LogP contribution in [0.25, 0.3) is 5.70 Å². The van der Waals surface area contributed by atoms with Crippen molar-refractivity contribution in [3.8, 4) is 11.5 Å². The first-order valence-electron chi connectivity index (χ1n) is 14.1. The molecule has 1 amide bonds. The van der Waals surface area contributed by atoms with Crippen molar-refractivity contribution in [1.82, 2.24) is 10.2 Å². The van der Waals surface area contributed by atoms with Crippen LogP contribution >= 0.6 is 0 Å². The molecule has 4 rings (SSSR count). The zero-order valence-corrected chi connectivity index (χ0v) is 23.3. The quantitative estimate of drug-likeness (QED) is 0.241. The van der Waals surface area contributed by atoms with E-state index in [1.165, 1.54) is 5.70 Å². The normalized spacial score (nSPS) is 17.8. The Morgan fingerprint density at radius 1 is 1.18 bits per heavy atom. The van der Waals surface area contributed by atoms with Gasteiger partial charge in [0.25, 0.3) is 0 Å². The zero-order valence-electron chi connectivity index (χ0n) is 23.3. The van der Waals surface area contributed by atoms with E-state index < -0.39 is 0 Å². The fraction of sp³-hybridized carbons (Fsp3) is 0.364. The van der Waals surface area contributed by atoms with Crippen LogP contribution in [0.3, 0.4) is 0 Å². The van der Waals surface area contributed by atoms with Crippen LogP contribution < -0.4 is 14.8 Å². The molecule has 1 atom stereocenters. The number of hydrogen-bond donors (Lipinski definition) is 1. The van der Waals surface area contributed by atoms with Crippen molar-refractivity contribution in [2.24, 2.45) is 17.0 Å². The number of ether oxygens (including phenoxy) is 2. The van der Waals surface area contributed by atoms with E-state index >= 15 is 0 Å². The van der Waals surface area contributed by atoms with E-state index in [1.54, 1.807) is 12.1 Å². The Labute approximate surface area is 237 Å². The Morgan fingerprint density at radius 2 is 1.98 bits per heavy atom. The summed E-state index contributed by atoms with van der Waals surface area (Å²) in [5.74, 6) is 1.76. The molecule has 1 N–H and O–H groups in total. The lowest BCUT2D eigenvalue weighted by atomic mass is 9.96. The third kappa shape index (κ3) is 7.72. The molecule has 2 aliphatic heterocycles. The summed E-state index contributed by atoms with van der Waals surface area (Å²) >= 11 is 0. The third-order valence-electron chi connectivity index (χ3n) is 7.48. The molecule has 7 heteroatoms. The highest BCUT2D eigenvalue weighted by Crippen LogP contribution is 2.28. The molecule has 0 radical (unpaired) electrons. The van der Waals surface area contributed by atoms with E-state index in [-0.39, 0.29) is 17.5 Å². The Kier molecular flexibility index (Phi) is 10.3. The summed E-state index contributed by atoms with van der Waals surface area (Å²) < 4.78 is 11.8. The lowest BCUT2D eigenvalue weighted by Gasteiger charge is -2.35. The van der Waals surface area contributed by atoms with Gasteiger partial charge in [0, 0.05) is 30.0 Å². The van der Waals surface area contributed by atoms with Gasteiger partial charge >= 0.3 is 0 Å². The van der Waals surface area contributed by atoms with E-state index in [0.717, 1.165) is 55.8 Å². The van der Waals surface area contributed by atoms with Gasteiger partial charge in [0.2, 0.25) is 5.91 Å². The SMILES string of the molecule is C=C/C(=C\C=C(/CCC)N1CCC(COc2cccc(C(=C)N=O)c2)CC1)NC(=O)C1COc2ccccc2C1. The molecule has 40 heavy (non-hydrogen) atoms. The maximum atomic E-state index is 13.0. The van der Waals surface area contributed by atoms with Gasteiger partial charge in [-0.1, -0.05) is 56.8 Å². The maximum Gasteiger partial charge on any atom is 0.231 e.